The molecule has 40 heavy (non-hydrogen) atoms. The second kappa shape index (κ2) is 12.2. The lowest BCUT2D eigenvalue weighted by Crippen LogP contribution is -2.41. The number of carbonyl (C=O) groups excluding carboxylic acids is 1. The van der Waals surface area contributed by atoms with Gasteiger partial charge in [-0.25, -0.2) is 14.3 Å². The first-order chi connectivity index (χ1) is 19.2. The number of nitrogens with one attached hydrogen (secondary N) is 1. The van der Waals surface area contributed by atoms with E-state index < -0.39 is 5.60 Å². The van der Waals surface area contributed by atoms with Gasteiger partial charge in [0.25, 0.3) is 0 Å². The molecule has 0 unspecified atom stereocenters. The van der Waals surface area contributed by atoms with E-state index in [0.717, 1.165) is 50.5 Å². The van der Waals surface area contributed by atoms with Gasteiger partial charge in [-0.1, -0.05) is 26.2 Å². The number of hydrogen-bond acceptors (Lipinski definition) is 7. The van der Waals surface area contributed by atoms with Crippen LogP contribution < -0.4 is 5.32 Å². The van der Waals surface area contributed by atoms with Crippen molar-refractivity contribution in [1.29, 1.82) is 0 Å². The lowest BCUT2D eigenvalue weighted by Gasteiger charge is -2.35. The van der Waals surface area contributed by atoms with Crippen molar-refractivity contribution in [3.63, 3.8) is 0 Å². The highest BCUT2D eigenvalue weighted by Gasteiger charge is 2.41. The standard InChI is InChI=1S/C31H49N5O4/c1-6-7-8-9-22(2)33-28-32-21-27-25(23-12-16-35(17-13-23)29(37)40-30(3,4)5)20-26(36(27)34-28)24-10-14-31(15-11-24)38-18-19-39-31/h20-24H,6-19H2,1-5H3,(H,33,34)/t22-/m0/s1. The van der Waals surface area contributed by atoms with E-state index in [2.05, 4.69) is 29.7 Å². The Balaban J connectivity index is 1.36. The van der Waals surface area contributed by atoms with Crippen LogP contribution in [0.3, 0.4) is 0 Å². The Bertz CT molecular complexity index is 1130. The zero-order valence-electron chi connectivity index (χ0n) is 25.2. The second-order valence-corrected chi connectivity index (χ2v) is 13.1. The summed E-state index contributed by atoms with van der Waals surface area (Å²) >= 11 is 0. The molecule has 0 aromatic carbocycles. The molecule has 2 aliphatic heterocycles. The molecule has 1 atom stereocenters. The predicted octanol–water partition coefficient (Wildman–Crippen LogP) is 6.63. The molecule has 9 heteroatoms. The molecular formula is C31H49N5O4. The molecule has 1 aliphatic carbocycles. The number of rotatable bonds is 8. The minimum absolute atomic E-state index is 0.215. The molecule has 3 aliphatic rings. The summed E-state index contributed by atoms with van der Waals surface area (Å²) < 4.78 is 19.8. The van der Waals surface area contributed by atoms with Crippen molar-refractivity contribution in [3.8, 4) is 0 Å². The van der Waals surface area contributed by atoms with Gasteiger partial charge in [0.05, 0.1) is 24.9 Å². The van der Waals surface area contributed by atoms with E-state index in [9.17, 15) is 4.79 Å². The fourth-order valence-corrected chi connectivity index (χ4v) is 6.56. The summed E-state index contributed by atoms with van der Waals surface area (Å²) in [5.74, 6) is 1.06. The third-order valence-electron chi connectivity index (χ3n) is 8.76. The summed E-state index contributed by atoms with van der Waals surface area (Å²) in [6, 6.07) is 2.71. The van der Waals surface area contributed by atoms with Crippen molar-refractivity contribution in [1.82, 2.24) is 19.5 Å². The van der Waals surface area contributed by atoms with E-state index in [1.165, 1.54) is 30.5 Å². The highest BCUT2D eigenvalue weighted by atomic mass is 16.7. The molecule has 1 spiro atoms. The van der Waals surface area contributed by atoms with Gasteiger partial charge in [-0.2, -0.15) is 0 Å². The fraction of sp³-hybridized carbons (Fsp3) is 0.774. The number of likely N-dealkylation sites (tertiary alicyclic amines) is 1. The summed E-state index contributed by atoms with van der Waals surface area (Å²) in [6.45, 7) is 13.0. The van der Waals surface area contributed by atoms with Gasteiger partial charge in [-0.3, -0.25) is 0 Å². The summed E-state index contributed by atoms with van der Waals surface area (Å²) in [5, 5.41) is 8.60. The van der Waals surface area contributed by atoms with Gasteiger partial charge in [0.15, 0.2) is 5.79 Å². The molecule has 5 rings (SSSR count). The molecule has 2 saturated heterocycles. The van der Waals surface area contributed by atoms with Crippen LogP contribution >= 0.6 is 0 Å². The number of anilines is 1. The molecule has 0 bridgehead atoms. The van der Waals surface area contributed by atoms with Crippen molar-refractivity contribution in [2.45, 2.75) is 128 Å². The van der Waals surface area contributed by atoms with Crippen molar-refractivity contribution < 1.29 is 19.0 Å². The van der Waals surface area contributed by atoms with Crippen LogP contribution in [0.2, 0.25) is 0 Å². The first-order valence-corrected chi connectivity index (χ1v) is 15.6. The molecule has 4 heterocycles. The van der Waals surface area contributed by atoms with E-state index in [0.29, 0.717) is 50.1 Å². The van der Waals surface area contributed by atoms with Crippen molar-refractivity contribution in [3.05, 3.63) is 23.5 Å². The maximum Gasteiger partial charge on any atom is 0.410 e. The number of carbonyl (C=O) groups is 1. The summed E-state index contributed by atoms with van der Waals surface area (Å²) in [5.41, 5.74) is 3.17. The molecule has 1 saturated carbocycles. The Kier molecular flexibility index (Phi) is 8.90. The van der Waals surface area contributed by atoms with Crippen molar-refractivity contribution >= 4 is 17.6 Å². The molecule has 1 N–H and O–H groups in total. The Morgan fingerprint density at radius 3 is 2.48 bits per heavy atom. The molecule has 0 radical (unpaired) electrons. The van der Waals surface area contributed by atoms with Crippen LogP contribution in [0.25, 0.3) is 5.52 Å². The number of aromatic nitrogens is 3. The van der Waals surface area contributed by atoms with Gasteiger partial charge in [-0.05, 0) is 77.3 Å². The highest BCUT2D eigenvalue weighted by Crippen LogP contribution is 2.44. The summed E-state index contributed by atoms with van der Waals surface area (Å²) in [4.78, 5) is 19.3. The Morgan fingerprint density at radius 1 is 1.12 bits per heavy atom. The zero-order valence-corrected chi connectivity index (χ0v) is 25.2. The second-order valence-electron chi connectivity index (χ2n) is 13.1. The maximum absolute atomic E-state index is 12.6. The van der Waals surface area contributed by atoms with Crippen molar-refractivity contribution in [2.75, 3.05) is 31.6 Å². The number of piperidine rings is 1. The summed E-state index contributed by atoms with van der Waals surface area (Å²) in [7, 11) is 0. The number of amides is 1. The zero-order chi connectivity index (χ0) is 28.3. The summed E-state index contributed by atoms with van der Waals surface area (Å²) in [6.07, 6.45) is 12.3. The lowest BCUT2D eigenvalue weighted by molar-refractivity contribution is -0.179. The number of fused-ring (bicyclic) bond motifs is 1. The van der Waals surface area contributed by atoms with Gasteiger partial charge in [0.2, 0.25) is 5.95 Å². The average molecular weight is 556 g/mol. The molecule has 2 aromatic rings. The normalized spacial score (nSPS) is 21.3. The topological polar surface area (TPSA) is 90.2 Å². The van der Waals surface area contributed by atoms with E-state index in [-0.39, 0.29) is 11.9 Å². The van der Waals surface area contributed by atoms with Gasteiger partial charge in [-0.15, -0.1) is 5.10 Å². The quantitative estimate of drug-likeness (QED) is 0.366. The number of unbranched alkanes of at least 4 members (excludes halogenated alkanes) is 2. The van der Waals surface area contributed by atoms with Gasteiger partial charge in [0, 0.05) is 43.6 Å². The fourth-order valence-electron chi connectivity index (χ4n) is 6.56. The lowest BCUT2D eigenvalue weighted by atomic mass is 9.82. The molecule has 2 aromatic heterocycles. The molecule has 9 nitrogen and oxygen atoms in total. The SMILES string of the molecule is CCCCC[C@H](C)Nc1ncc2c(C3CCN(C(=O)OC(C)(C)C)CC3)cc(C3CCC4(CC3)OCCO4)n2n1. The molecule has 1 amide bonds. The van der Waals surface area contributed by atoms with Crippen LogP contribution in [-0.4, -0.2) is 69.3 Å². The molecule has 222 valence electrons. The average Bonchev–Trinajstić information content (AvgIpc) is 3.53. The smallest absolute Gasteiger partial charge is 0.410 e. The Morgan fingerprint density at radius 2 is 1.82 bits per heavy atom. The van der Waals surface area contributed by atoms with Crippen LogP contribution in [0, 0.1) is 0 Å². The van der Waals surface area contributed by atoms with Crippen molar-refractivity contribution in [2.24, 2.45) is 0 Å². The Hall–Kier alpha value is -2.39. The first kappa shape index (κ1) is 29.1. The van der Waals surface area contributed by atoms with Crippen LogP contribution in [0.15, 0.2) is 12.3 Å². The van der Waals surface area contributed by atoms with Gasteiger partial charge in [0.1, 0.15) is 5.60 Å². The minimum atomic E-state index is -0.481. The highest BCUT2D eigenvalue weighted by molar-refractivity contribution is 5.68. The molecular weight excluding hydrogens is 506 g/mol. The third kappa shape index (κ3) is 6.73. The predicted molar refractivity (Wildman–Crippen MR) is 156 cm³/mol. The van der Waals surface area contributed by atoms with Crippen LogP contribution in [-0.2, 0) is 14.2 Å². The molecule has 3 fully saturated rings. The number of ether oxygens (including phenoxy) is 3. The minimum Gasteiger partial charge on any atom is -0.444 e. The Labute approximate surface area is 239 Å². The number of hydrogen-bond donors (Lipinski definition) is 1. The monoisotopic (exact) mass is 555 g/mol. The van der Waals surface area contributed by atoms with Gasteiger partial charge < -0.3 is 24.4 Å². The van der Waals surface area contributed by atoms with Crippen LogP contribution in [0.5, 0.6) is 0 Å². The van der Waals surface area contributed by atoms with Crippen LogP contribution in [0.4, 0.5) is 10.7 Å². The van der Waals surface area contributed by atoms with Gasteiger partial charge >= 0.3 is 6.09 Å². The number of nitrogens with zero attached hydrogens (tertiary/aromatic N) is 4. The first-order valence-electron chi connectivity index (χ1n) is 15.6. The maximum atomic E-state index is 12.6. The van der Waals surface area contributed by atoms with Crippen LogP contribution in [0.1, 0.15) is 122 Å². The van der Waals surface area contributed by atoms with E-state index in [1.807, 2.05) is 31.9 Å². The largest absolute Gasteiger partial charge is 0.444 e. The third-order valence-corrected chi connectivity index (χ3v) is 8.76. The van der Waals surface area contributed by atoms with E-state index >= 15 is 0 Å². The van der Waals surface area contributed by atoms with E-state index in [1.54, 1.807) is 0 Å². The van der Waals surface area contributed by atoms with E-state index in [4.69, 9.17) is 24.3 Å².